The van der Waals surface area contributed by atoms with E-state index in [1.165, 1.54) is 44.9 Å². The Morgan fingerprint density at radius 2 is 1.90 bits per heavy atom. The number of carbonyl (C=O) groups excluding carboxylic acids is 1. The van der Waals surface area contributed by atoms with Crippen LogP contribution in [0.3, 0.4) is 0 Å². The van der Waals surface area contributed by atoms with Crippen molar-refractivity contribution in [2.75, 3.05) is 26.2 Å². The van der Waals surface area contributed by atoms with Crippen molar-refractivity contribution in [2.24, 2.45) is 5.92 Å². The van der Waals surface area contributed by atoms with Crippen LogP contribution in [0, 0.1) is 5.92 Å². The van der Waals surface area contributed by atoms with E-state index in [1.807, 2.05) is 0 Å². The Morgan fingerprint density at radius 1 is 1.10 bits per heavy atom. The van der Waals surface area contributed by atoms with E-state index in [0.29, 0.717) is 11.9 Å². The van der Waals surface area contributed by atoms with Crippen molar-refractivity contribution >= 4 is 5.91 Å². The highest BCUT2D eigenvalue weighted by molar-refractivity contribution is 5.82. The van der Waals surface area contributed by atoms with Gasteiger partial charge in [-0.25, -0.2) is 0 Å². The third-order valence-electron chi connectivity index (χ3n) is 5.45. The number of hydrogen-bond donors (Lipinski definition) is 2. The van der Waals surface area contributed by atoms with Crippen LogP contribution in [0.2, 0.25) is 0 Å². The van der Waals surface area contributed by atoms with Crippen molar-refractivity contribution in [1.82, 2.24) is 15.5 Å². The number of nitrogens with one attached hydrogen (secondary N) is 2. The third kappa shape index (κ3) is 3.34. The van der Waals surface area contributed by atoms with Crippen LogP contribution in [-0.4, -0.2) is 49.1 Å². The number of carbonyl (C=O) groups is 1. The van der Waals surface area contributed by atoms with Crippen LogP contribution < -0.4 is 10.6 Å². The standard InChI is InChI=1S/C16H29N3O/c20-16(18-11-6-13-3-1-4-13)15-5-2-12-19(15)14-7-9-17-10-8-14/h13-15,17H,1-12H2,(H,18,20). The van der Waals surface area contributed by atoms with Gasteiger partial charge in [0.1, 0.15) is 0 Å². The zero-order chi connectivity index (χ0) is 13.8. The predicted molar refractivity (Wildman–Crippen MR) is 80.6 cm³/mol. The molecule has 3 aliphatic rings. The molecule has 2 heterocycles. The molecule has 4 nitrogen and oxygen atoms in total. The fourth-order valence-corrected chi connectivity index (χ4v) is 3.94. The molecule has 0 aromatic rings. The molecule has 1 unspecified atom stereocenters. The number of rotatable bonds is 5. The lowest BCUT2D eigenvalue weighted by Gasteiger charge is -2.35. The van der Waals surface area contributed by atoms with Gasteiger partial charge in [-0.2, -0.15) is 0 Å². The van der Waals surface area contributed by atoms with E-state index in [4.69, 9.17) is 0 Å². The van der Waals surface area contributed by atoms with Crippen LogP contribution in [0.15, 0.2) is 0 Å². The van der Waals surface area contributed by atoms with E-state index in [0.717, 1.165) is 38.5 Å². The molecule has 1 saturated carbocycles. The van der Waals surface area contributed by atoms with E-state index < -0.39 is 0 Å². The molecular formula is C16H29N3O. The van der Waals surface area contributed by atoms with Crippen LogP contribution in [0.25, 0.3) is 0 Å². The van der Waals surface area contributed by atoms with Crippen LogP contribution in [0.4, 0.5) is 0 Å². The monoisotopic (exact) mass is 279 g/mol. The van der Waals surface area contributed by atoms with Gasteiger partial charge < -0.3 is 10.6 Å². The molecule has 3 rings (SSSR count). The smallest absolute Gasteiger partial charge is 0.237 e. The number of nitrogens with zero attached hydrogens (tertiary/aromatic N) is 1. The molecule has 2 N–H and O–H groups in total. The Kier molecular flexibility index (Phi) is 4.94. The zero-order valence-corrected chi connectivity index (χ0v) is 12.6. The minimum absolute atomic E-state index is 0.152. The second-order valence-corrected chi connectivity index (χ2v) is 6.75. The highest BCUT2D eigenvalue weighted by atomic mass is 16.2. The quantitative estimate of drug-likeness (QED) is 0.802. The van der Waals surface area contributed by atoms with Gasteiger partial charge in [-0.3, -0.25) is 9.69 Å². The molecular weight excluding hydrogens is 250 g/mol. The fourth-order valence-electron chi connectivity index (χ4n) is 3.94. The van der Waals surface area contributed by atoms with Crippen molar-refractivity contribution < 1.29 is 4.79 Å². The summed E-state index contributed by atoms with van der Waals surface area (Å²) in [6.07, 6.45) is 9.97. The van der Waals surface area contributed by atoms with Crippen molar-refractivity contribution in [3.8, 4) is 0 Å². The molecule has 114 valence electrons. The van der Waals surface area contributed by atoms with E-state index in [2.05, 4.69) is 15.5 Å². The maximum absolute atomic E-state index is 12.4. The Morgan fingerprint density at radius 3 is 2.60 bits per heavy atom. The summed E-state index contributed by atoms with van der Waals surface area (Å²) in [4.78, 5) is 14.9. The highest BCUT2D eigenvalue weighted by Gasteiger charge is 2.35. The van der Waals surface area contributed by atoms with E-state index in [-0.39, 0.29) is 6.04 Å². The average molecular weight is 279 g/mol. The molecule has 0 aromatic carbocycles. The minimum atomic E-state index is 0.152. The number of likely N-dealkylation sites (tertiary alicyclic amines) is 1. The zero-order valence-electron chi connectivity index (χ0n) is 12.6. The van der Waals surface area contributed by atoms with Gasteiger partial charge >= 0.3 is 0 Å². The first-order valence-corrected chi connectivity index (χ1v) is 8.59. The fraction of sp³-hybridized carbons (Fsp3) is 0.938. The van der Waals surface area contributed by atoms with Crippen LogP contribution in [0.1, 0.15) is 51.4 Å². The summed E-state index contributed by atoms with van der Waals surface area (Å²) in [5.41, 5.74) is 0. The Bertz CT molecular complexity index is 324. The summed E-state index contributed by atoms with van der Waals surface area (Å²) in [5, 5.41) is 6.61. The van der Waals surface area contributed by atoms with E-state index in [9.17, 15) is 4.79 Å². The molecule has 2 saturated heterocycles. The minimum Gasteiger partial charge on any atom is -0.355 e. The predicted octanol–water partition coefficient (Wildman–Crippen LogP) is 1.51. The molecule has 1 aliphatic carbocycles. The van der Waals surface area contributed by atoms with Gasteiger partial charge in [-0.15, -0.1) is 0 Å². The summed E-state index contributed by atoms with van der Waals surface area (Å²) < 4.78 is 0. The molecule has 2 aliphatic heterocycles. The summed E-state index contributed by atoms with van der Waals surface area (Å²) in [7, 11) is 0. The second-order valence-electron chi connectivity index (χ2n) is 6.75. The number of hydrogen-bond acceptors (Lipinski definition) is 3. The Labute approximate surface area is 122 Å². The van der Waals surface area contributed by atoms with Crippen LogP contribution in [-0.2, 0) is 4.79 Å². The Balaban J connectivity index is 1.45. The number of piperidine rings is 1. The lowest BCUT2D eigenvalue weighted by Crippen LogP contribution is -2.50. The van der Waals surface area contributed by atoms with Crippen molar-refractivity contribution in [2.45, 2.75) is 63.5 Å². The summed E-state index contributed by atoms with van der Waals surface area (Å²) in [5.74, 6) is 1.18. The number of amides is 1. The third-order valence-corrected chi connectivity index (χ3v) is 5.45. The molecule has 20 heavy (non-hydrogen) atoms. The van der Waals surface area contributed by atoms with Gasteiger partial charge in [0.15, 0.2) is 0 Å². The highest BCUT2D eigenvalue weighted by Crippen LogP contribution is 2.29. The topological polar surface area (TPSA) is 44.4 Å². The molecule has 0 aromatic heterocycles. The average Bonchev–Trinajstić information content (AvgIpc) is 2.92. The van der Waals surface area contributed by atoms with E-state index in [1.54, 1.807) is 0 Å². The van der Waals surface area contributed by atoms with Crippen molar-refractivity contribution in [1.29, 1.82) is 0 Å². The van der Waals surface area contributed by atoms with Crippen molar-refractivity contribution in [3.05, 3.63) is 0 Å². The lowest BCUT2D eigenvalue weighted by molar-refractivity contribution is -0.126. The Hall–Kier alpha value is -0.610. The molecule has 3 fully saturated rings. The maximum atomic E-state index is 12.4. The summed E-state index contributed by atoms with van der Waals surface area (Å²) in [6, 6.07) is 0.778. The molecule has 0 spiro atoms. The maximum Gasteiger partial charge on any atom is 0.237 e. The lowest BCUT2D eigenvalue weighted by atomic mass is 9.83. The first-order chi connectivity index (χ1) is 9.84. The largest absolute Gasteiger partial charge is 0.355 e. The van der Waals surface area contributed by atoms with Gasteiger partial charge in [-0.1, -0.05) is 19.3 Å². The molecule has 1 amide bonds. The molecule has 4 heteroatoms. The molecule has 0 radical (unpaired) electrons. The first kappa shape index (κ1) is 14.3. The first-order valence-electron chi connectivity index (χ1n) is 8.59. The van der Waals surface area contributed by atoms with Gasteiger partial charge in [0.05, 0.1) is 6.04 Å². The van der Waals surface area contributed by atoms with Crippen LogP contribution in [0.5, 0.6) is 0 Å². The van der Waals surface area contributed by atoms with Crippen LogP contribution >= 0.6 is 0 Å². The molecule has 0 bridgehead atoms. The van der Waals surface area contributed by atoms with E-state index >= 15 is 0 Å². The summed E-state index contributed by atoms with van der Waals surface area (Å²) >= 11 is 0. The normalized spacial score (nSPS) is 29.3. The summed E-state index contributed by atoms with van der Waals surface area (Å²) in [6.45, 7) is 4.22. The second kappa shape index (κ2) is 6.90. The molecule has 1 atom stereocenters. The SMILES string of the molecule is O=C(NCCC1CCC1)C1CCCN1C1CCNCC1. The van der Waals surface area contributed by atoms with Gasteiger partial charge in [0, 0.05) is 12.6 Å². The van der Waals surface area contributed by atoms with Gasteiger partial charge in [0.2, 0.25) is 5.91 Å². The van der Waals surface area contributed by atoms with Gasteiger partial charge in [0.25, 0.3) is 0 Å². The van der Waals surface area contributed by atoms with Gasteiger partial charge in [-0.05, 0) is 57.7 Å². The van der Waals surface area contributed by atoms with Crippen molar-refractivity contribution in [3.63, 3.8) is 0 Å².